The summed E-state index contributed by atoms with van der Waals surface area (Å²) in [6.07, 6.45) is -4.51. The van der Waals surface area contributed by atoms with Crippen molar-refractivity contribution in [3.05, 3.63) is 65.5 Å². The van der Waals surface area contributed by atoms with E-state index < -0.39 is 30.4 Å². The Hall–Kier alpha value is -3.76. The third-order valence-corrected chi connectivity index (χ3v) is 4.48. The lowest BCUT2D eigenvalue weighted by Gasteiger charge is -2.23. The van der Waals surface area contributed by atoms with Gasteiger partial charge in [-0.05, 0) is 29.8 Å². The van der Waals surface area contributed by atoms with Gasteiger partial charge in [0.1, 0.15) is 18.1 Å². The summed E-state index contributed by atoms with van der Waals surface area (Å²) in [4.78, 5) is 36.9. The van der Waals surface area contributed by atoms with Crippen LogP contribution in [0.2, 0.25) is 0 Å². The third-order valence-electron chi connectivity index (χ3n) is 4.48. The SMILES string of the molecule is O=C(Nc1ccccc1C(=O)NCC(F)(F)F)C1=NN(Cc2ccc(F)cc2)C(=O)CC1. The summed E-state index contributed by atoms with van der Waals surface area (Å²) in [7, 11) is 0. The Morgan fingerprint density at radius 3 is 2.38 bits per heavy atom. The molecule has 1 aliphatic rings. The third kappa shape index (κ3) is 6.13. The molecule has 3 amide bonds. The number of hydrogen-bond acceptors (Lipinski definition) is 4. The highest BCUT2D eigenvalue weighted by molar-refractivity contribution is 6.43. The summed E-state index contributed by atoms with van der Waals surface area (Å²) in [6, 6.07) is 11.0. The number of benzene rings is 2. The summed E-state index contributed by atoms with van der Waals surface area (Å²) < 4.78 is 50.2. The van der Waals surface area contributed by atoms with Gasteiger partial charge in [-0.25, -0.2) is 9.40 Å². The van der Waals surface area contributed by atoms with Gasteiger partial charge in [0.2, 0.25) is 5.91 Å². The zero-order valence-corrected chi connectivity index (χ0v) is 16.6. The van der Waals surface area contributed by atoms with Gasteiger partial charge in [-0.1, -0.05) is 24.3 Å². The lowest BCUT2D eigenvalue weighted by molar-refractivity contribution is -0.132. The van der Waals surface area contributed by atoms with Crippen molar-refractivity contribution in [1.29, 1.82) is 0 Å². The number of rotatable bonds is 6. The monoisotopic (exact) mass is 450 g/mol. The Bertz CT molecular complexity index is 1050. The number of nitrogens with one attached hydrogen (secondary N) is 2. The molecule has 1 aliphatic heterocycles. The Morgan fingerprint density at radius 1 is 1.00 bits per heavy atom. The summed E-state index contributed by atoms with van der Waals surface area (Å²) >= 11 is 0. The lowest BCUT2D eigenvalue weighted by atomic mass is 10.1. The van der Waals surface area contributed by atoms with Crippen molar-refractivity contribution in [3.63, 3.8) is 0 Å². The number of alkyl halides is 3. The largest absolute Gasteiger partial charge is 0.405 e. The Kier molecular flexibility index (Phi) is 6.86. The van der Waals surface area contributed by atoms with Crippen LogP contribution in [0.25, 0.3) is 0 Å². The second-order valence-electron chi connectivity index (χ2n) is 6.92. The van der Waals surface area contributed by atoms with Gasteiger partial charge in [-0.15, -0.1) is 0 Å². The molecular formula is C21H18F4N4O3. The summed E-state index contributed by atoms with van der Waals surface area (Å²) in [5, 5.41) is 9.37. The smallest absolute Gasteiger partial charge is 0.343 e. The minimum atomic E-state index is -4.58. The summed E-state index contributed by atoms with van der Waals surface area (Å²) in [5.74, 6) is -2.45. The fourth-order valence-electron chi connectivity index (χ4n) is 2.91. The summed E-state index contributed by atoms with van der Waals surface area (Å²) in [6.45, 7) is -1.48. The van der Waals surface area contributed by atoms with Gasteiger partial charge in [-0.2, -0.15) is 18.3 Å². The van der Waals surface area contributed by atoms with Crippen LogP contribution in [-0.4, -0.2) is 41.2 Å². The van der Waals surface area contributed by atoms with Gasteiger partial charge in [0.05, 0.1) is 17.8 Å². The molecule has 11 heteroatoms. The van der Waals surface area contributed by atoms with E-state index in [0.29, 0.717) is 5.56 Å². The quantitative estimate of drug-likeness (QED) is 0.662. The second-order valence-corrected chi connectivity index (χ2v) is 6.92. The highest BCUT2D eigenvalue weighted by Crippen LogP contribution is 2.19. The minimum absolute atomic E-state index is 0.00172. The maximum atomic E-state index is 13.1. The molecule has 0 fully saturated rings. The average molecular weight is 450 g/mol. The van der Waals surface area contributed by atoms with Gasteiger partial charge in [-0.3, -0.25) is 14.4 Å². The molecule has 32 heavy (non-hydrogen) atoms. The van der Waals surface area contributed by atoms with E-state index in [1.165, 1.54) is 48.5 Å². The molecule has 2 N–H and O–H groups in total. The van der Waals surface area contributed by atoms with Crippen LogP contribution in [0.5, 0.6) is 0 Å². The molecule has 0 bridgehead atoms. The molecule has 0 atom stereocenters. The van der Waals surface area contributed by atoms with Crippen molar-refractivity contribution in [2.75, 3.05) is 11.9 Å². The molecule has 0 saturated heterocycles. The van der Waals surface area contributed by atoms with E-state index in [-0.39, 0.29) is 42.3 Å². The zero-order valence-electron chi connectivity index (χ0n) is 16.6. The molecule has 2 aromatic carbocycles. The predicted molar refractivity (Wildman–Crippen MR) is 107 cm³/mol. The second kappa shape index (κ2) is 9.58. The first-order valence-corrected chi connectivity index (χ1v) is 9.50. The van der Waals surface area contributed by atoms with Crippen LogP contribution >= 0.6 is 0 Å². The molecule has 0 spiro atoms. The van der Waals surface area contributed by atoms with E-state index in [1.807, 2.05) is 0 Å². The van der Waals surface area contributed by atoms with Crippen molar-refractivity contribution < 1.29 is 31.9 Å². The Balaban J connectivity index is 1.73. The first-order chi connectivity index (χ1) is 15.1. The maximum absolute atomic E-state index is 13.1. The topological polar surface area (TPSA) is 90.9 Å². The number of hydrogen-bond donors (Lipinski definition) is 2. The highest BCUT2D eigenvalue weighted by Gasteiger charge is 2.29. The molecule has 168 valence electrons. The van der Waals surface area contributed by atoms with Gasteiger partial charge in [0.25, 0.3) is 11.8 Å². The number of anilines is 1. The van der Waals surface area contributed by atoms with E-state index in [9.17, 15) is 31.9 Å². The van der Waals surface area contributed by atoms with Crippen molar-refractivity contribution in [2.24, 2.45) is 5.10 Å². The van der Waals surface area contributed by atoms with Gasteiger partial charge < -0.3 is 10.6 Å². The first kappa shape index (κ1) is 22.9. The van der Waals surface area contributed by atoms with Gasteiger partial charge >= 0.3 is 6.18 Å². The Labute approximate surface area is 180 Å². The van der Waals surface area contributed by atoms with Crippen LogP contribution < -0.4 is 10.6 Å². The Morgan fingerprint density at radius 2 is 1.69 bits per heavy atom. The molecule has 0 aliphatic carbocycles. The zero-order chi connectivity index (χ0) is 23.3. The molecule has 0 unspecified atom stereocenters. The van der Waals surface area contributed by atoms with Gasteiger partial charge in [0, 0.05) is 12.8 Å². The number of carbonyl (C=O) groups is 3. The minimum Gasteiger partial charge on any atom is -0.343 e. The molecule has 0 saturated carbocycles. The first-order valence-electron chi connectivity index (χ1n) is 9.50. The van der Waals surface area contributed by atoms with Gasteiger partial charge in [0.15, 0.2) is 0 Å². The number of hydrazone groups is 1. The van der Waals surface area contributed by atoms with E-state index in [0.717, 1.165) is 5.01 Å². The fourth-order valence-corrected chi connectivity index (χ4v) is 2.91. The molecule has 3 rings (SSSR count). The van der Waals surface area contributed by atoms with Crippen molar-refractivity contribution in [3.8, 4) is 0 Å². The molecular weight excluding hydrogens is 432 g/mol. The lowest BCUT2D eigenvalue weighted by Crippen LogP contribution is -2.37. The molecule has 0 radical (unpaired) electrons. The number of carbonyl (C=O) groups excluding carboxylic acids is 3. The van der Waals surface area contributed by atoms with E-state index in [4.69, 9.17) is 0 Å². The van der Waals surface area contributed by atoms with Crippen LogP contribution in [0.15, 0.2) is 53.6 Å². The average Bonchev–Trinajstić information content (AvgIpc) is 2.75. The number of amides is 3. The standard InChI is InChI=1S/C21H18F4N4O3/c22-14-7-5-13(6-8-14)11-29-18(30)10-9-17(28-29)20(32)27-16-4-2-1-3-15(16)19(31)26-12-21(23,24)25/h1-8H,9-12H2,(H,26,31)(H,27,32). The molecule has 0 aromatic heterocycles. The van der Waals surface area contributed by atoms with Crippen LogP contribution in [0.4, 0.5) is 23.2 Å². The van der Waals surface area contributed by atoms with E-state index in [2.05, 4.69) is 10.4 Å². The van der Waals surface area contributed by atoms with E-state index >= 15 is 0 Å². The fraction of sp³-hybridized carbons (Fsp3) is 0.238. The van der Waals surface area contributed by atoms with Crippen LogP contribution in [-0.2, 0) is 16.1 Å². The maximum Gasteiger partial charge on any atom is 0.405 e. The van der Waals surface area contributed by atoms with Crippen LogP contribution in [0.1, 0.15) is 28.8 Å². The number of nitrogens with zero attached hydrogens (tertiary/aromatic N) is 2. The number of halogens is 4. The molecule has 2 aromatic rings. The van der Waals surface area contributed by atoms with Crippen molar-refractivity contribution >= 4 is 29.1 Å². The molecule has 7 nitrogen and oxygen atoms in total. The highest BCUT2D eigenvalue weighted by atomic mass is 19.4. The normalized spacial score (nSPS) is 14.1. The van der Waals surface area contributed by atoms with Crippen LogP contribution in [0, 0.1) is 5.82 Å². The van der Waals surface area contributed by atoms with Crippen molar-refractivity contribution in [2.45, 2.75) is 25.6 Å². The predicted octanol–water partition coefficient (Wildman–Crippen LogP) is 3.23. The van der Waals surface area contributed by atoms with Crippen LogP contribution in [0.3, 0.4) is 0 Å². The molecule has 1 heterocycles. The summed E-state index contributed by atoms with van der Waals surface area (Å²) in [5.41, 5.74) is 0.469. The van der Waals surface area contributed by atoms with Crippen molar-refractivity contribution in [1.82, 2.24) is 10.3 Å². The number of para-hydroxylation sites is 1. The van der Waals surface area contributed by atoms with E-state index in [1.54, 1.807) is 5.32 Å².